The summed E-state index contributed by atoms with van der Waals surface area (Å²) in [6.45, 7) is 0.681. The van der Waals surface area contributed by atoms with Crippen molar-refractivity contribution in [2.75, 3.05) is 7.11 Å². The molecule has 0 saturated heterocycles. The van der Waals surface area contributed by atoms with E-state index in [4.69, 9.17) is 9.72 Å². The molecule has 5 rings (SSSR count). The SMILES string of the molecule is COc1cc2c(cc1Cn1cnc(-c3ccccc3)c1-c1cncnc1)CCC2. The molecule has 0 aliphatic heterocycles. The van der Waals surface area contributed by atoms with Crippen molar-refractivity contribution < 1.29 is 4.74 Å². The fraction of sp³-hybridized carbons (Fsp3) is 0.208. The number of methoxy groups -OCH3 is 1. The van der Waals surface area contributed by atoms with Gasteiger partial charge in [-0.15, -0.1) is 0 Å². The van der Waals surface area contributed by atoms with Crippen LogP contribution in [0.3, 0.4) is 0 Å². The van der Waals surface area contributed by atoms with E-state index in [1.165, 1.54) is 23.1 Å². The van der Waals surface area contributed by atoms with Crippen molar-refractivity contribution in [1.29, 1.82) is 0 Å². The van der Waals surface area contributed by atoms with Gasteiger partial charge in [-0.2, -0.15) is 0 Å². The van der Waals surface area contributed by atoms with Crippen LogP contribution in [0.15, 0.2) is 67.5 Å². The van der Waals surface area contributed by atoms with Crippen molar-refractivity contribution in [1.82, 2.24) is 19.5 Å². The van der Waals surface area contributed by atoms with E-state index < -0.39 is 0 Å². The van der Waals surface area contributed by atoms with E-state index in [0.29, 0.717) is 6.54 Å². The number of nitrogens with zero attached hydrogens (tertiary/aromatic N) is 4. The predicted octanol–water partition coefficient (Wildman–Crippen LogP) is 4.55. The minimum Gasteiger partial charge on any atom is -0.496 e. The van der Waals surface area contributed by atoms with E-state index in [1.807, 2.05) is 36.9 Å². The Morgan fingerprint density at radius 1 is 0.966 bits per heavy atom. The number of aryl methyl sites for hydroxylation is 2. The molecule has 29 heavy (non-hydrogen) atoms. The zero-order valence-electron chi connectivity index (χ0n) is 16.4. The third kappa shape index (κ3) is 3.29. The molecule has 0 radical (unpaired) electrons. The van der Waals surface area contributed by atoms with Crippen molar-refractivity contribution >= 4 is 0 Å². The highest BCUT2D eigenvalue weighted by atomic mass is 16.5. The van der Waals surface area contributed by atoms with Crippen LogP contribution < -0.4 is 4.74 Å². The van der Waals surface area contributed by atoms with Gasteiger partial charge in [-0.05, 0) is 36.5 Å². The third-order valence-electron chi connectivity index (χ3n) is 5.55. The summed E-state index contributed by atoms with van der Waals surface area (Å²) in [6, 6.07) is 14.7. The summed E-state index contributed by atoms with van der Waals surface area (Å²) < 4.78 is 7.89. The Balaban J connectivity index is 1.62. The smallest absolute Gasteiger partial charge is 0.124 e. The molecule has 144 valence electrons. The summed E-state index contributed by atoms with van der Waals surface area (Å²) in [6.07, 6.45) is 10.6. The van der Waals surface area contributed by atoms with Crippen LogP contribution in [0.1, 0.15) is 23.1 Å². The third-order valence-corrected chi connectivity index (χ3v) is 5.55. The Morgan fingerprint density at radius 2 is 1.72 bits per heavy atom. The maximum absolute atomic E-state index is 5.72. The highest BCUT2D eigenvalue weighted by Gasteiger charge is 2.19. The molecule has 0 spiro atoms. The number of imidazole rings is 1. The molecule has 1 aliphatic carbocycles. The van der Waals surface area contributed by atoms with Gasteiger partial charge < -0.3 is 9.30 Å². The van der Waals surface area contributed by atoms with Gasteiger partial charge in [-0.25, -0.2) is 15.0 Å². The van der Waals surface area contributed by atoms with Gasteiger partial charge in [0.05, 0.1) is 31.4 Å². The van der Waals surface area contributed by atoms with Crippen LogP contribution in [-0.2, 0) is 19.4 Å². The van der Waals surface area contributed by atoms with Gasteiger partial charge >= 0.3 is 0 Å². The number of fused-ring (bicyclic) bond motifs is 1. The lowest BCUT2D eigenvalue weighted by Crippen LogP contribution is -2.04. The zero-order valence-corrected chi connectivity index (χ0v) is 16.4. The first kappa shape index (κ1) is 17.6. The van der Waals surface area contributed by atoms with Crippen LogP contribution in [0.5, 0.6) is 5.75 Å². The molecule has 0 N–H and O–H groups in total. The number of aromatic nitrogens is 4. The standard InChI is InChI=1S/C24H22N4O/c1-29-22-11-19-9-5-8-18(19)10-20(22)14-28-16-27-23(17-6-3-2-4-7-17)24(28)21-12-25-15-26-13-21/h2-4,6-7,10-13,15-16H,5,8-9,14H2,1H3. The van der Waals surface area contributed by atoms with Crippen LogP contribution in [0.25, 0.3) is 22.5 Å². The fourth-order valence-electron chi connectivity index (χ4n) is 4.18. The molecule has 0 unspecified atom stereocenters. The van der Waals surface area contributed by atoms with Crippen molar-refractivity contribution in [3.8, 4) is 28.3 Å². The topological polar surface area (TPSA) is 52.8 Å². The predicted molar refractivity (Wildman–Crippen MR) is 113 cm³/mol. The van der Waals surface area contributed by atoms with E-state index >= 15 is 0 Å². The van der Waals surface area contributed by atoms with Gasteiger partial charge in [0.25, 0.3) is 0 Å². The Kier molecular flexibility index (Phi) is 4.56. The minimum atomic E-state index is 0.681. The number of hydrogen-bond acceptors (Lipinski definition) is 4. The lowest BCUT2D eigenvalue weighted by Gasteiger charge is -2.15. The largest absolute Gasteiger partial charge is 0.496 e. The molecule has 0 bridgehead atoms. The average molecular weight is 382 g/mol. The molecule has 0 atom stereocenters. The monoisotopic (exact) mass is 382 g/mol. The average Bonchev–Trinajstić information content (AvgIpc) is 3.41. The van der Waals surface area contributed by atoms with Crippen molar-refractivity contribution in [3.05, 3.63) is 84.2 Å². The molecule has 4 aromatic rings. The Bertz CT molecular complexity index is 1140. The molecule has 2 aromatic heterocycles. The highest BCUT2D eigenvalue weighted by molar-refractivity contribution is 5.78. The molecule has 0 fully saturated rings. The van der Waals surface area contributed by atoms with Crippen LogP contribution in [0, 0.1) is 0 Å². The van der Waals surface area contributed by atoms with Crippen LogP contribution in [-0.4, -0.2) is 26.6 Å². The van der Waals surface area contributed by atoms with E-state index in [-0.39, 0.29) is 0 Å². The van der Waals surface area contributed by atoms with E-state index in [0.717, 1.165) is 41.1 Å². The van der Waals surface area contributed by atoms with Crippen molar-refractivity contribution in [2.24, 2.45) is 0 Å². The molecule has 5 heteroatoms. The van der Waals surface area contributed by atoms with Gasteiger partial charge in [0.1, 0.15) is 12.1 Å². The van der Waals surface area contributed by atoms with Crippen molar-refractivity contribution in [3.63, 3.8) is 0 Å². The Hall–Kier alpha value is -3.47. The summed E-state index contributed by atoms with van der Waals surface area (Å²) in [7, 11) is 1.75. The summed E-state index contributed by atoms with van der Waals surface area (Å²) in [5.41, 5.74) is 7.99. The van der Waals surface area contributed by atoms with E-state index in [2.05, 4.69) is 38.8 Å². The van der Waals surface area contributed by atoms with E-state index in [9.17, 15) is 0 Å². The molecule has 2 heterocycles. The summed E-state index contributed by atoms with van der Waals surface area (Å²) in [5, 5.41) is 0. The first-order valence-corrected chi connectivity index (χ1v) is 9.88. The first-order valence-electron chi connectivity index (χ1n) is 9.88. The number of rotatable bonds is 5. The zero-order chi connectivity index (χ0) is 19.6. The van der Waals surface area contributed by atoms with Crippen LogP contribution in [0.2, 0.25) is 0 Å². The normalized spacial score (nSPS) is 12.7. The molecular formula is C24H22N4O. The van der Waals surface area contributed by atoms with Crippen molar-refractivity contribution in [2.45, 2.75) is 25.8 Å². The quantitative estimate of drug-likeness (QED) is 0.508. The second-order valence-electron chi connectivity index (χ2n) is 7.35. The number of hydrogen-bond donors (Lipinski definition) is 0. The molecular weight excluding hydrogens is 360 g/mol. The van der Waals surface area contributed by atoms with Gasteiger partial charge in [0.15, 0.2) is 0 Å². The molecule has 2 aromatic carbocycles. The summed E-state index contributed by atoms with van der Waals surface area (Å²) >= 11 is 0. The second kappa shape index (κ2) is 7.51. The maximum Gasteiger partial charge on any atom is 0.124 e. The van der Waals surface area contributed by atoms with Gasteiger partial charge in [-0.3, -0.25) is 0 Å². The molecule has 0 saturated carbocycles. The van der Waals surface area contributed by atoms with Crippen LogP contribution in [0.4, 0.5) is 0 Å². The lowest BCUT2D eigenvalue weighted by molar-refractivity contribution is 0.408. The Morgan fingerprint density at radius 3 is 2.48 bits per heavy atom. The molecule has 5 nitrogen and oxygen atoms in total. The van der Waals surface area contributed by atoms with Crippen LogP contribution >= 0.6 is 0 Å². The summed E-state index contributed by atoms with van der Waals surface area (Å²) in [5.74, 6) is 0.941. The maximum atomic E-state index is 5.72. The fourth-order valence-corrected chi connectivity index (χ4v) is 4.18. The van der Waals surface area contributed by atoms with E-state index in [1.54, 1.807) is 13.4 Å². The lowest BCUT2D eigenvalue weighted by atomic mass is 10.0. The first-order chi connectivity index (χ1) is 14.3. The minimum absolute atomic E-state index is 0.681. The molecule has 0 amide bonds. The summed E-state index contributed by atoms with van der Waals surface area (Å²) in [4.78, 5) is 13.2. The second-order valence-corrected chi connectivity index (χ2v) is 7.35. The molecule has 1 aliphatic rings. The highest BCUT2D eigenvalue weighted by Crippen LogP contribution is 2.34. The Labute approximate surface area is 170 Å². The van der Waals surface area contributed by atoms with Gasteiger partial charge in [-0.1, -0.05) is 36.4 Å². The van der Waals surface area contributed by atoms with Gasteiger partial charge in [0.2, 0.25) is 0 Å². The number of ether oxygens (including phenoxy) is 1. The number of benzene rings is 2. The van der Waals surface area contributed by atoms with Gasteiger partial charge in [0, 0.05) is 29.1 Å².